The lowest BCUT2D eigenvalue weighted by atomic mass is 9.92. The van der Waals surface area contributed by atoms with Gasteiger partial charge in [-0.2, -0.15) is 0 Å². The fraction of sp³-hybridized carbons (Fsp3) is 0.647. The minimum atomic E-state index is -0.132. The molecular formula is C17H27FN2. The van der Waals surface area contributed by atoms with Gasteiger partial charge in [-0.05, 0) is 64.3 Å². The molecular weight excluding hydrogens is 251 g/mol. The van der Waals surface area contributed by atoms with Crippen LogP contribution in [0.15, 0.2) is 18.2 Å². The lowest BCUT2D eigenvalue weighted by Gasteiger charge is -2.43. The van der Waals surface area contributed by atoms with Gasteiger partial charge in [0.15, 0.2) is 0 Å². The van der Waals surface area contributed by atoms with Crippen molar-refractivity contribution in [1.29, 1.82) is 0 Å². The van der Waals surface area contributed by atoms with Gasteiger partial charge < -0.3 is 5.73 Å². The predicted octanol–water partition coefficient (Wildman–Crippen LogP) is 3.79. The summed E-state index contributed by atoms with van der Waals surface area (Å²) < 4.78 is 13.9. The van der Waals surface area contributed by atoms with Gasteiger partial charge in [0.25, 0.3) is 0 Å². The summed E-state index contributed by atoms with van der Waals surface area (Å²) in [5, 5.41) is 0. The molecule has 1 saturated heterocycles. The van der Waals surface area contributed by atoms with E-state index in [9.17, 15) is 4.39 Å². The van der Waals surface area contributed by atoms with E-state index >= 15 is 0 Å². The fourth-order valence-corrected chi connectivity index (χ4v) is 3.16. The van der Waals surface area contributed by atoms with Crippen molar-refractivity contribution < 1.29 is 4.39 Å². The van der Waals surface area contributed by atoms with Crippen LogP contribution in [-0.2, 0) is 0 Å². The van der Waals surface area contributed by atoms with Crippen molar-refractivity contribution >= 4 is 0 Å². The Bertz CT molecular complexity index is 465. The van der Waals surface area contributed by atoms with Crippen molar-refractivity contribution in [2.24, 2.45) is 5.73 Å². The fourth-order valence-electron chi connectivity index (χ4n) is 3.16. The molecule has 1 fully saturated rings. The zero-order valence-corrected chi connectivity index (χ0v) is 13.1. The van der Waals surface area contributed by atoms with Crippen molar-refractivity contribution in [2.45, 2.75) is 64.6 Å². The van der Waals surface area contributed by atoms with Crippen LogP contribution in [0.25, 0.3) is 0 Å². The molecule has 20 heavy (non-hydrogen) atoms. The molecule has 2 unspecified atom stereocenters. The third kappa shape index (κ3) is 3.21. The number of hydrogen-bond acceptors (Lipinski definition) is 2. The predicted molar refractivity (Wildman–Crippen MR) is 82.2 cm³/mol. The Hall–Kier alpha value is -0.930. The maximum Gasteiger partial charge on any atom is 0.126 e. The topological polar surface area (TPSA) is 29.3 Å². The minimum Gasteiger partial charge on any atom is -0.326 e. The Balaban J connectivity index is 2.42. The quantitative estimate of drug-likeness (QED) is 0.847. The molecule has 2 atom stereocenters. The number of nitrogens with zero attached hydrogens (tertiary/aromatic N) is 1. The van der Waals surface area contributed by atoms with Gasteiger partial charge >= 0.3 is 0 Å². The van der Waals surface area contributed by atoms with Gasteiger partial charge in [-0.3, -0.25) is 4.90 Å². The van der Waals surface area contributed by atoms with Crippen LogP contribution in [0.4, 0.5) is 4.39 Å². The summed E-state index contributed by atoms with van der Waals surface area (Å²) >= 11 is 0. The summed E-state index contributed by atoms with van der Waals surface area (Å²) in [6, 6.07) is 5.74. The van der Waals surface area contributed by atoms with E-state index in [4.69, 9.17) is 5.73 Å². The molecule has 0 amide bonds. The first-order valence-electron chi connectivity index (χ1n) is 7.59. The van der Waals surface area contributed by atoms with E-state index < -0.39 is 0 Å². The summed E-state index contributed by atoms with van der Waals surface area (Å²) in [7, 11) is 0. The first kappa shape index (κ1) is 15.5. The van der Waals surface area contributed by atoms with E-state index in [1.54, 1.807) is 13.0 Å². The molecule has 1 aliphatic heterocycles. The van der Waals surface area contributed by atoms with Crippen molar-refractivity contribution in [3.63, 3.8) is 0 Å². The van der Waals surface area contributed by atoms with Gasteiger partial charge in [-0.1, -0.05) is 18.6 Å². The van der Waals surface area contributed by atoms with E-state index in [0.29, 0.717) is 5.56 Å². The maximum absolute atomic E-state index is 13.9. The molecule has 1 aromatic carbocycles. The van der Waals surface area contributed by atoms with Crippen molar-refractivity contribution in [2.75, 3.05) is 6.54 Å². The van der Waals surface area contributed by atoms with Gasteiger partial charge in [0.1, 0.15) is 5.82 Å². The highest BCUT2D eigenvalue weighted by molar-refractivity contribution is 5.27. The van der Waals surface area contributed by atoms with Crippen LogP contribution >= 0.6 is 0 Å². The van der Waals surface area contributed by atoms with E-state index in [-0.39, 0.29) is 23.4 Å². The Labute approximate surface area is 122 Å². The maximum atomic E-state index is 13.9. The molecule has 0 aliphatic carbocycles. The third-order valence-electron chi connectivity index (χ3n) is 4.33. The first-order valence-corrected chi connectivity index (χ1v) is 7.59. The van der Waals surface area contributed by atoms with E-state index in [2.05, 4.69) is 25.7 Å². The molecule has 0 spiro atoms. The summed E-state index contributed by atoms with van der Waals surface area (Å²) in [4.78, 5) is 2.44. The Morgan fingerprint density at radius 1 is 1.25 bits per heavy atom. The summed E-state index contributed by atoms with van der Waals surface area (Å²) in [6.07, 6.45) is 3.32. The van der Waals surface area contributed by atoms with Gasteiger partial charge in [0, 0.05) is 11.6 Å². The van der Waals surface area contributed by atoms with Crippen molar-refractivity contribution in [3.05, 3.63) is 35.1 Å². The summed E-state index contributed by atoms with van der Waals surface area (Å²) in [6.45, 7) is 9.46. The summed E-state index contributed by atoms with van der Waals surface area (Å²) in [5.74, 6) is -0.132. The molecule has 2 rings (SSSR count). The number of rotatable bonds is 1. The highest BCUT2D eigenvalue weighted by Gasteiger charge is 2.35. The SMILES string of the molecule is Cc1ccc(C2C(N)CCCCN2C(C)(C)C)cc1F. The van der Waals surface area contributed by atoms with Crippen molar-refractivity contribution in [3.8, 4) is 0 Å². The molecule has 1 aromatic rings. The third-order valence-corrected chi connectivity index (χ3v) is 4.33. The first-order chi connectivity index (χ1) is 9.30. The van der Waals surface area contributed by atoms with Crippen LogP contribution in [0.3, 0.4) is 0 Å². The molecule has 3 heteroatoms. The highest BCUT2D eigenvalue weighted by atomic mass is 19.1. The van der Waals surface area contributed by atoms with Gasteiger partial charge in [0.05, 0.1) is 6.04 Å². The number of halogens is 1. The number of likely N-dealkylation sites (tertiary alicyclic amines) is 1. The minimum absolute atomic E-state index is 0.0357. The smallest absolute Gasteiger partial charge is 0.126 e. The van der Waals surface area contributed by atoms with Crippen LogP contribution in [0, 0.1) is 12.7 Å². The normalized spacial score (nSPS) is 25.5. The standard InChI is InChI=1S/C17H27FN2/c1-12-8-9-13(11-14(12)18)16-15(19)7-5-6-10-20(16)17(2,3)4/h8-9,11,15-16H,5-7,10,19H2,1-4H3. The lowest BCUT2D eigenvalue weighted by molar-refractivity contribution is 0.0753. The number of nitrogens with two attached hydrogens (primary N) is 1. The average Bonchev–Trinajstić information content (AvgIpc) is 2.54. The van der Waals surface area contributed by atoms with E-state index in [1.807, 2.05) is 12.1 Å². The van der Waals surface area contributed by atoms with Crippen LogP contribution < -0.4 is 5.73 Å². The zero-order valence-electron chi connectivity index (χ0n) is 13.1. The molecule has 0 aromatic heterocycles. The van der Waals surface area contributed by atoms with E-state index in [1.165, 1.54) is 0 Å². The van der Waals surface area contributed by atoms with Gasteiger partial charge in [-0.15, -0.1) is 0 Å². The van der Waals surface area contributed by atoms with E-state index in [0.717, 1.165) is 31.4 Å². The van der Waals surface area contributed by atoms with Crippen molar-refractivity contribution in [1.82, 2.24) is 4.90 Å². The Morgan fingerprint density at radius 3 is 2.55 bits per heavy atom. The second-order valence-corrected chi connectivity index (χ2v) is 6.98. The second kappa shape index (κ2) is 5.82. The monoisotopic (exact) mass is 278 g/mol. The van der Waals surface area contributed by atoms with Gasteiger partial charge in [-0.25, -0.2) is 4.39 Å². The number of benzene rings is 1. The largest absolute Gasteiger partial charge is 0.326 e. The van der Waals surface area contributed by atoms with Gasteiger partial charge in [0.2, 0.25) is 0 Å². The lowest BCUT2D eigenvalue weighted by Crippen LogP contribution is -2.49. The molecule has 0 bridgehead atoms. The summed E-state index contributed by atoms with van der Waals surface area (Å²) in [5.41, 5.74) is 8.16. The second-order valence-electron chi connectivity index (χ2n) is 6.98. The molecule has 2 nitrogen and oxygen atoms in total. The van der Waals surface area contributed by atoms with Crippen LogP contribution in [-0.4, -0.2) is 23.0 Å². The Morgan fingerprint density at radius 2 is 1.95 bits per heavy atom. The number of hydrogen-bond donors (Lipinski definition) is 1. The zero-order chi connectivity index (χ0) is 14.9. The van der Waals surface area contributed by atoms with Crippen LogP contribution in [0.2, 0.25) is 0 Å². The molecule has 0 saturated carbocycles. The average molecular weight is 278 g/mol. The number of aryl methyl sites for hydroxylation is 1. The molecule has 0 radical (unpaired) electrons. The molecule has 1 aliphatic rings. The molecule has 112 valence electrons. The Kier molecular flexibility index (Phi) is 4.50. The highest BCUT2D eigenvalue weighted by Crippen LogP contribution is 2.35. The molecule has 1 heterocycles. The van der Waals surface area contributed by atoms with Crippen LogP contribution in [0.5, 0.6) is 0 Å². The van der Waals surface area contributed by atoms with Crippen LogP contribution in [0.1, 0.15) is 57.2 Å². The molecule has 2 N–H and O–H groups in total.